The molecule has 29 heavy (non-hydrogen) atoms. The lowest BCUT2D eigenvalue weighted by atomic mass is 9.96. The standard InChI is InChI=1S/C23H21N3O3/c1-27-17-10-8-15(9-11-17)23-26-20(13-19(25-26)16-5-4-12-24-14-16)18-6-3-7-21(28-2)22(18)29-23/h3-12,14,20,23H,13H2,1-2H3/t20-,23+/m0/s1. The Morgan fingerprint density at radius 1 is 1.00 bits per heavy atom. The monoisotopic (exact) mass is 387 g/mol. The average molecular weight is 387 g/mol. The van der Waals surface area contributed by atoms with E-state index in [1.165, 1.54) is 0 Å². The molecule has 0 radical (unpaired) electrons. The van der Waals surface area contributed by atoms with Crippen LogP contribution in [0.3, 0.4) is 0 Å². The summed E-state index contributed by atoms with van der Waals surface area (Å²) in [5.41, 5.74) is 4.11. The second kappa shape index (κ2) is 7.13. The van der Waals surface area contributed by atoms with Crippen LogP contribution < -0.4 is 14.2 Å². The molecule has 146 valence electrons. The lowest BCUT2D eigenvalue weighted by Crippen LogP contribution is -2.33. The molecule has 0 fully saturated rings. The van der Waals surface area contributed by atoms with E-state index in [0.717, 1.165) is 46.1 Å². The first-order chi connectivity index (χ1) is 14.3. The Balaban J connectivity index is 1.60. The summed E-state index contributed by atoms with van der Waals surface area (Å²) >= 11 is 0. The van der Waals surface area contributed by atoms with E-state index in [9.17, 15) is 0 Å². The number of hydrogen-bond donors (Lipinski definition) is 0. The van der Waals surface area contributed by atoms with Crippen LogP contribution in [-0.4, -0.2) is 29.9 Å². The van der Waals surface area contributed by atoms with Crippen molar-refractivity contribution in [3.8, 4) is 17.2 Å². The molecule has 3 heterocycles. The van der Waals surface area contributed by atoms with E-state index in [1.54, 1.807) is 20.4 Å². The van der Waals surface area contributed by atoms with Crippen LogP contribution in [0.2, 0.25) is 0 Å². The molecular weight excluding hydrogens is 366 g/mol. The third kappa shape index (κ3) is 2.97. The summed E-state index contributed by atoms with van der Waals surface area (Å²) in [5, 5.41) is 7.00. The highest BCUT2D eigenvalue weighted by Gasteiger charge is 2.42. The van der Waals surface area contributed by atoms with E-state index in [-0.39, 0.29) is 12.3 Å². The first-order valence-corrected chi connectivity index (χ1v) is 9.52. The average Bonchev–Trinajstić information content (AvgIpc) is 3.24. The van der Waals surface area contributed by atoms with Gasteiger partial charge in [0.2, 0.25) is 6.23 Å². The topological polar surface area (TPSA) is 56.2 Å². The fourth-order valence-corrected chi connectivity index (χ4v) is 3.94. The van der Waals surface area contributed by atoms with Gasteiger partial charge in [0.25, 0.3) is 0 Å². The molecule has 0 N–H and O–H groups in total. The van der Waals surface area contributed by atoms with Crippen LogP contribution in [0, 0.1) is 0 Å². The van der Waals surface area contributed by atoms with Gasteiger partial charge in [0, 0.05) is 35.5 Å². The van der Waals surface area contributed by atoms with Crippen molar-refractivity contribution in [1.29, 1.82) is 0 Å². The van der Waals surface area contributed by atoms with Crippen molar-refractivity contribution in [1.82, 2.24) is 9.99 Å². The molecule has 0 aliphatic carbocycles. The Hall–Kier alpha value is -3.54. The first-order valence-electron chi connectivity index (χ1n) is 9.52. The molecule has 6 nitrogen and oxygen atoms in total. The second-order valence-corrected chi connectivity index (χ2v) is 7.01. The summed E-state index contributed by atoms with van der Waals surface area (Å²) in [6.45, 7) is 0. The molecule has 3 aromatic rings. The van der Waals surface area contributed by atoms with Crippen molar-refractivity contribution in [2.24, 2.45) is 5.10 Å². The molecule has 5 rings (SSSR count). The molecule has 2 aromatic carbocycles. The largest absolute Gasteiger partial charge is 0.497 e. The van der Waals surface area contributed by atoms with E-state index in [0.29, 0.717) is 0 Å². The molecule has 0 saturated heterocycles. The predicted octanol–water partition coefficient (Wildman–Crippen LogP) is 4.34. The van der Waals surface area contributed by atoms with E-state index in [2.05, 4.69) is 11.1 Å². The Labute approximate surface area is 169 Å². The zero-order chi connectivity index (χ0) is 19.8. The number of rotatable bonds is 4. The third-order valence-electron chi connectivity index (χ3n) is 5.40. The summed E-state index contributed by atoms with van der Waals surface area (Å²) in [6.07, 6.45) is 4.05. The third-order valence-corrected chi connectivity index (χ3v) is 5.40. The Kier molecular flexibility index (Phi) is 4.31. The number of pyridine rings is 1. The van der Waals surface area contributed by atoms with E-state index < -0.39 is 0 Å². The quantitative estimate of drug-likeness (QED) is 0.667. The molecular formula is C23H21N3O3. The fraction of sp³-hybridized carbons (Fsp3) is 0.217. The van der Waals surface area contributed by atoms with Crippen LogP contribution in [0.4, 0.5) is 0 Å². The van der Waals surface area contributed by atoms with E-state index in [1.807, 2.05) is 59.7 Å². The number of ether oxygens (including phenoxy) is 3. The highest BCUT2D eigenvalue weighted by molar-refractivity contribution is 6.01. The maximum atomic E-state index is 6.45. The van der Waals surface area contributed by atoms with Crippen LogP contribution in [0.15, 0.2) is 72.1 Å². The molecule has 2 aliphatic rings. The van der Waals surface area contributed by atoms with Gasteiger partial charge in [-0.15, -0.1) is 0 Å². The maximum absolute atomic E-state index is 6.45. The van der Waals surface area contributed by atoms with Gasteiger partial charge in [-0.1, -0.05) is 18.2 Å². The van der Waals surface area contributed by atoms with E-state index in [4.69, 9.17) is 19.3 Å². The molecule has 0 unspecified atom stereocenters. The van der Waals surface area contributed by atoms with Gasteiger partial charge in [-0.05, 0) is 36.4 Å². The van der Waals surface area contributed by atoms with Crippen LogP contribution in [0.25, 0.3) is 0 Å². The van der Waals surface area contributed by atoms with E-state index >= 15 is 0 Å². The molecule has 2 aliphatic heterocycles. The number of hydrazone groups is 1. The highest BCUT2D eigenvalue weighted by Crippen LogP contribution is 2.50. The molecule has 0 saturated carbocycles. The van der Waals surface area contributed by atoms with Gasteiger partial charge in [0.05, 0.1) is 26.0 Å². The summed E-state index contributed by atoms with van der Waals surface area (Å²) in [4.78, 5) is 4.25. The minimum atomic E-state index is -0.358. The second-order valence-electron chi connectivity index (χ2n) is 7.01. The van der Waals surface area contributed by atoms with Crippen LogP contribution >= 0.6 is 0 Å². The SMILES string of the molecule is COc1ccc([C@H]2Oc3c(OC)cccc3[C@@H]3CC(c4cccnc4)=NN23)cc1. The zero-order valence-electron chi connectivity index (χ0n) is 16.3. The number of hydrogen-bond acceptors (Lipinski definition) is 6. The summed E-state index contributed by atoms with van der Waals surface area (Å²) in [7, 11) is 3.33. The van der Waals surface area contributed by atoms with Gasteiger partial charge in [0.1, 0.15) is 5.75 Å². The summed E-state index contributed by atoms with van der Waals surface area (Å²) in [6, 6.07) is 17.9. The van der Waals surface area contributed by atoms with Gasteiger partial charge in [-0.3, -0.25) is 4.98 Å². The number of para-hydroxylation sites is 1. The number of benzene rings is 2. The molecule has 0 spiro atoms. The lowest BCUT2D eigenvalue weighted by Gasteiger charge is -2.38. The van der Waals surface area contributed by atoms with Crippen LogP contribution in [0.1, 0.15) is 35.4 Å². The number of aromatic nitrogens is 1. The Morgan fingerprint density at radius 2 is 1.86 bits per heavy atom. The van der Waals surface area contributed by atoms with Gasteiger partial charge in [-0.2, -0.15) is 5.10 Å². The molecule has 2 atom stereocenters. The molecule has 1 aromatic heterocycles. The van der Waals surface area contributed by atoms with Crippen molar-refractivity contribution in [2.75, 3.05) is 14.2 Å². The minimum absolute atomic E-state index is 0.0659. The van der Waals surface area contributed by atoms with Crippen molar-refractivity contribution in [3.63, 3.8) is 0 Å². The first kappa shape index (κ1) is 17.6. The number of methoxy groups -OCH3 is 2. The molecule has 0 amide bonds. The maximum Gasteiger partial charge on any atom is 0.214 e. The summed E-state index contributed by atoms with van der Waals surface area (Å²) < 4.78 is 17.3. The zero-order valence-corrected chi connectivity index (χ0v) is 16.3. The normalized spacial score (nSPS) is 19.7. The van der Waals surface area contributed by atoms with Gasteiger partial charge in [-0.25, -0.2) is 5.01 Å². The lowest BCUT2D eigenvalue weighted by molar-refractivity contribution is -0.0209. The van der Waals surface area contributed by atoms with Gasteiger partial charge < -0.3 is 14.2 Å². The Bertz CT molecular complexity index is 1050. The van der Waals surface area contributed by atoms with Crippen LogP contribution in [-0.2, 0) is 0 Å². The smallest absolute Gasteiger partial charge is 0.214 e. The van der Waals surface area contributed by atoms with Crippen LogP contribution in [0.5, 0.6) is 17.2 Å². The van der Waals surface area contributed by atoms with Crippen molar-refractivity contribution < 1.29 is 14.2 Å². The summed E-state index contributed by atoms with van der Waals surface area (Å²) in [5.74, 6) is 2.32. The Morgan fingerprint density at radius 3 is 2.59 bits per heavy atom. The number of fused-ring (bicyclic) bond motifs is 3. The molecule has 6 heteroatoms. The van der Waals surface area contributed by atoms with Gasteiger partial charge >= 0.3 is 0 Å². The fourth-order valence-electron chi connectivity index (χ4n) is 3.94. The van der Waals surface area contributed by atoms with Crippen molar-refractivity contribution in [2.45, 2.75) is 18.7 Å². The number of nitrogens with zero attached hydrogens (tertiary/aromatic N) is 3. The highest BCUT2D eigenvalue weighted by atomic mass is 16.5. The van der Waals surface area contributed by atoms with Crippen molar-refractivity contribution >= 4 is 5.71 Å². The van der Waals surface area contributed by atoms with Gasteiger partial charge in [0.15, 0.2) is 11.5 Å². The minimum Gasteiger partial charge on any atom is -0.497 e. The molecule has 0 bridgehead atoms. The predicted molar refractivity (Wildman–Crippen MR) is 109 cm³/mol. The van der Waals surface area contributed by atoms with Crippen molar-refractivity contribution in [3.05, 3.63) is 83.7 Å².